The molecule has 0 unspecified atom stereocenters. The first-order chi connectivity index (χ1) is 15.5. The van der Waals surface area contributed by atoms with Crippen molar-refractivity contribution in [3.05, 3.63) is 30.1 Å². The van der Waals surface area contributed by atoms with E-state index in [-0.39, 0.29) is 18.6 Å². The number of hydrogen-bond donors (Lipinski definition) is 4. The van der Waals surface area contributed by atoms with Crippen molar-refractivity contribution >= 4 is 31.4 Å². The molecule has 2 amide bonds. The van der Waals surface area contributed by atoms with Crippen LogP contribution in [-0.4, -0.2) is 41.3 Å². The van der Waals surface area contributed by atoms with Gasteiger partial charge < -0.3 is 30.8 Å². The summed E-state index contributed by atoms with van der Waals surface area (Å²) in [5, 5.41) is 15.0. The molecular weight excluding hydrogens is 438 g/mol. The molecule has 9 nitrogen and oxygen atoms in total. The fourth-order valence-electron chi connectivity index (χ4n) is 3.78. The average molecular weight is 474 g/mol. The van der Waals surface area contributed by atoms with E-state index in [2.05, 4.69) is 30.3 Å². The van der Waals surface area contributed by atoms with Gasteiger partial charge >= 0.3 is 6.09 Å². The lowest BCUT2D eigenvalue weighted by Gasteiger charge is -2.19. The van der Waals surface area contributed by atoms with E-state index in [4.69, 9.17) is 15.5 Å². The Balaban J connectivity index is 2.03. The van der Waals surface area contributed by atoms with Gasteiger partial charge in [-0.2, -0.15) is 0 Å². The molecule has 1 aromatic carbocycles. The highest BCUT2D eigenvalue weighted by Gasteiger charge is 2.25. The largest absolute Gasteiger partial charge is 0.465 e. The molecular formula is C23H35N5O4Si. The van der Waals surface area contributed by atoms with Crippen LogP contribution in [0.15, 0.2) is 24.4 Å². The molecule has 2 heterocycles. The summed E-state index contributed by atoms with van der Waals surface area (Å²) in [5.74, 6) is 0.271. The topological polar surface area (TPSA) is 132 Å². The lowest BCUT2D eigenvalue weighted by Crippen LogP contribution is -2.27. The lowest BCUT2D eigenvalue weighted by molar-refractivity contribution is -0.119. The van der Waals surface area contributed by atoms with Crippen LogP contribution < -0.4 is 16.4 Å². The molecule has 180 valence electrons. The molecule has 1 aromatic heterocycles. The van der Waals surface area contributed by atoms with E-state index in [1.54, 1.807) is 12.1 Å². The number of carbonyl (C=O) groups is 2. The number of fused-ring (bicyclic) bond motifs is 4. The van der Waals surface area contributed by atoms with Gasteiger partial charge in [-0.3, -0.25) is 4.79 Å². The number of rotatable bonds is 6. The molecule has 3 rings (SSSR count). The van der Waals surface area contributed by atoms with Gasteiger partial charge in [0.2, 0.25) is 5.91 Å². The zero-order valence-corrected chi connectivity index (χ0v) is 20.9. The van der Waals surface area contributed by atoms with Crippen LogP contribution in [0.3, 0.4) is 0 Å². The molecule has 0 saturated carbocycles. The fraction of sp³-hybridized carbons (Fsp3) is 0.522. The summed E-state index contributed by atoms with van der Waals surface area (Å²) in [7, 11) is -1.23. The van der Waals surface area contributed by atoms with Crippen LogP contribution in [0.1, 0.15) is 37.9 Å². The van der Waals surface area contributed by atoms with Crippen molar-refractivity contribution in [1.29, 1.82) is 0 Å². The minimum absolute atomic E-state index is 0.102. The fourth-order valence-corrected chi connectivity index (χ4v) is 4.53. The summed E-state index contributed by atoms with van der Waals surface area (Å²) < 4.78 is 7.85. The third-order valence-electron chi connectivity index (χ3n) is 5.80. The van der Waals surface area contributed by atoms with Crippen molar-refractivity contribution in [2.24, 2.45) is 5.92 Å². The Morgan fingerprint density at radius 2 is 2.12 bits per heavy atom. The van der Waals surface area contributed by atoms with Crippen molar-refractivity contribution in [1.82, 2.24) is 14.9 Å². The first kappa shape index (κ1) is 24.8. The predicted molar refractivity (Wildman–Crippen MR) is 132 cm³/mol. The second kappa shape index (κ2) is 10.4. The van der Waals surface area contributed by atoms with Gasteiger partial charge in [0.1, 0.15) is 12.6 Å². The molecule has 5 N–H and O–H groups in total. The molecule has 1 aliphatic rings. The van der Waals surface area contributed by atoms with E-state index in [9.17, 15) is 14.7 Å². The third kappa shape index (κ3) is 6.81. The quantitative estimate of drug-likeness (QED) is 0.277. The number of imidazole rings is 1. The number of benzene rings is 1. The Kier molecular flexibility index (Phi) is 7.80. The lowest BCUT2D eigenvalue weighted by atomic mass is 9.99. The molecule has 2 aromatic rings. The van der Waals surface area contributed by atoms with E-state index in [0.717, 1.165) is 6.04 Å². The Bertz CT molecular complexity index is 1000. The maximum Gasteiger partial charge on any atom is 0.405 e. The minimum atomic E-state index is -1.23. The van der Waals surface area contributed by atoms with Gasteiger partial charge in [-0.25, -0.2) is 9.78 Å². The van der Waals surface area contributed by atoms with Crippen molar-refractivity contribution in [2.45, 2.75) is 64.6 Å². The summed E-state index contributed by atoms with van der Waals surface area (Å²) in [6.45, 7) is 9.68. The maximum atomic E-state index is 12.8. The van der Waals surface area contributed by atoms with Crippen molar-refractivity contribution in [3.63, 3.8) is 0 Å². The number of hydrogen-bond acceptors (Lipinski definition) is 5. The first-order valence-electron chi connectivity index (χ1n) is 11.4. The Hall–Kier alpha value is -2.85. The van der Waals surface area contributed by atoms with E-state index in [1.807, 2.05) is 23.8 Å². The molecule has 0 radical (unpaired) electrons. The minimum Gasteiger partial charge on any atom is -0.465 e. The summed E-state index contributed by atoms with van der Waals surface area (Å²) >= 11 is 0. The van der Waals surface area contributed by atoms with Gasteiger partial charge in [-0.05, 0) is 37.1 Å². The van der Waals surface area contributed by atoms with Crippen LogP contribution in [0.4, 0.5) is 16.2 Å². The molecule has 2 atom stereocenters. The number of aromatic nitrogens is 2. The van der Waals surface area contributed by atoms with Gasteiger partial charge in [0.15, 0.2) is 0 Å². The van der Waals surface area contributed by atoms with Crippen LogP contribution in [0.25, 0.3) is 11.4 Å². The number of nitrogens with two attached hydrogens (primary N) is 1. The van der Waals surface area contributed by atoms with Crippen LogP contribution in [0.5, 0.6) is 0 Å². The summed E-state index contributed by atoms with van der Waals surface area (Å²) in [6.07, 6.45) is 2.60. The molecule has 0 spiro atoms. The number of nitrogen functional groups attached to an aromatic ring is 1. The van der Waals surface area contributed by atoms with Gasteiger partial charge in [-0.1, -0.05) is 33.0 Å². The van der Waals surface area contributed by atoms with Crippen molar-refractivity contribution in [2.75, 3.05) is 17.7 Å². The Labute approximate surface area is 195 Å². The maximum absolute atomic E-state index is 12.8. The van der Waals surface area contributed by atoms with Crippen LogP contribution in [0, 0.1) is 5.92 Å². The highest BCUT2D eigenvalue weighted by atomic mass is 28.3. The normalized spacial score (nSPS) is 19.1. The van der Waals surface area contributed by atoms with Gasteiger partial charge in [0, 0.05) is 38.0 Å². The zero-order valence-electron chi connectivity index (χ0n) is 19.9. The van der Waals surface area contributed by atoms with E-state index >= 15 is 0 Å². The molecule has 0 saturated heterocycles. The van der Waals surface area contributed by atoms with Gasteiger partial charge in [0.05, 0.1) is 17.4 Å². The number of ether oxygens (including phenoxy) is 1. The molecule has 33 heavy (non-hydrogen) atoms. The van der Waals surface area contributed by atoms with Crippen molar-refractivity contribution in [3.8, 4) is 11.4 Å². The van der Waals surface area contributed by atoms with Crippen molar-refractivity contribution < 1.29 is 19.4 Å². The third-order valence-corrected chi connectivity index (χ3v) is 7.50. The molecule has 0 aliphatic carbocycles. The van der Waals surface area contributed by atoms with Crippen LogP contribution in [-0.2, 0) is 16.3 Å². The average Bonchev–Trinajstić information content (AvgIpc) is 3.12. The zero-order chi connectivity index (χ0) is 24.2. The Morgan fingerprint density at radius 1 is 1.36 bits per heavy atom. The van der Waals surface area contributed by atoms with E-state index in [0.29, 0.717) is 54.3 Å². The molecule has 1 aliphatic heterocycles. The smallest absolute Gasteiger partial charge is 0.405 e. The number of amides is 2. The van der Waals surface area contributed by atoms with Crippen LogP contribution >= 0.6 is 0 Å². The highest BCUT2D eigenvalue weighted by molar-refractivity contribution is 6.76. The SMILES string of the molecule is C[C@@H]1CCC[C@H](NC(=O)O)c2cn(COCC[Si](C)(C)C)c(n2)-c2ccc(N)cc2NC1=O. The second-order valence-corrected chi connectivity index (χ2v) is 15.6. The highest BCUT2D eigenvalue weighted by Crippen LogP contribution is 2.33. The number of anilines is 2. The number of nitrogens with zero attached hydrogens (tertiary/aromatic N) is 2. The van der Waals surface area contributed by atoms with Crippen LogP contribution in [0.2, 0.25) is 25.7 Å². The predicted octanol–water partition coefficient (Wildman–Crippen LogP) is 4.51. The molecule has 0 fully saturated rings. The Morgan fingerprint density at radius 3 is 2.82 bits per heavy atom. The number of carbonyl (C=O) groups excluding carboxylic acids is 1. The summed E-state index contributed by atoms with van der Waals surface area (Å²) in [4.78, 5) is 29.1. The summed E-state index contributed by atoms with van der Waals surface area (Å²) in [5.41, 5.74) is 8.46. The first-order valence-corrected chi connectivity index (χ1v) is 15.1. The second-order valence-electron chi connectivity index (χ2n) is 9.94. The van der Waals surface area contributed by atoms with E-state index in [1.165, 1.54) is 0 Å². The molecule has 10 heteroatoms. The standard InChI is InChI=1S/C23H35N5O4Si/c1-15-6-5-7-18(27-23(30)31)20-13-28(14-32-10-11-33(2,3)4)21(25-20)17-9-8-16(24)12-19(17)26-22(15)29/h8-9,12-13,15,18,27H,5-7,10-11,14,24H2,1-4H3,(H,26,29)(H,30,31)/t15-,18+/m1/s1. The van der Waals surface area contributed by atoms with E-state index < -0.39 is 20.2 Å². The monoisotopic (exact) mass is 473 g/mol. The molecule has 2 bridgehead atoms. The summed E-state index contributed by atoms with van der Waals surface area (Å²) in [6, 6.07) is 5.87. The number of nitrogens with one attached hydrogen (secondary N) is 2. The number of carboxylic acid groups (broad SMARTS) is 1. The van der Waals surface area contributed by atoms with Gasteiger partial charge in [-0.15, -0.1) is 0 Å². The van der Waals surface area contributed by atoms with Gasteiger partial charge in [0.25, 0.3) is 0 Å².